The van der Waals surface area contributed by atoms with Crippen molar-refractivity contribution < 1.29 is 80.2 Å². The van der Waals surface area contributed by atoms with Crippen LogP contribution in [0.4, 0.5) is 0 Å². The molecular formula is C83H162O17P2. The average molecular weight is 1490 g/mol. The fraction of sp³-hybridized carbons (Fsp3) is 0.952. The molecule has 0 bridgehead atoms. The van der Waals surface area contributed by atoms with Crippen LogP contribution in [-0.4, -0.2) is 96.7 Å². The molecule has 3 unspecified atom stereocenters. The highest BCUT2D eigenvalue weighted by Gasteiger charge is 2.30. The maximum absolute atomic E-state index is 13.1. The highest BCUT2D eigenvalue weighted by Crippen LogP contribution is 2.45. The lowest BCUT2D eigenvalue weighted by molar-refractivity contribution is -0.161. The molecule has 6 atom stereocenters. The van der Waals surface area contributed by atoms with Gasteiger partial charge < -0.3 is 33.8 Å². The summed E-state index contributed by atoms with van der Waals surface area (Å²) >= 11 is 0. The Labute approximate surface area is 626 Å². The van der Waals surface area contributed by atoms with Crippen LogP contribution in [0.25, 0.3) is 0 Å². The van der Waals surface area contributed by atoms with Crippen LogP contribution >= 0.6 is 15.6 Å². The molecule has 0 aliphatic carbocycles. The second-order valence-corrected chi connectivity index (χ2v) is 33.5. The third-order valence-corrected chi connectivity index (χ3v) is 21.7. The minimum Gasteiger partial charge on any atom is -0.462 e. The van der Waals surface area contributed by atoms with Gasteiger partial charge in [-0.3, -0.25) is 37.3 Å². The minimum absolute atomic E-state index is 0.108. The number of aliphatic hydroxyl groups excluding tert-OH is 1. The Morgan fingerprint density at radius 1 is 0.284 bits per heavy atom. The zero-order valence-corrected chi connectivity index (χ0v) is 68.7. The highest BCUT2D eigenvalue weighted by molar-refractivity contribution is 7.47. The number of phosphoric ester groups is 2. The number of ether oxygens (including phenoxy) is 4. The van der Waals surface area contributed by atoms with Crippen molar-refractivity contribution in [2.45, 2.75) is 458 Å². The molecule has 0 heterocycles. The van der Waals surface area contributed by atoms with Gasteiger partial charge in [-0.1, -0.05) is 388 Å². The second-order valence-electron chi connectivity index (χ2n) is 30.6. The topological polar surface area (TPSA) is 237 Å². The molecule has 0 rings (SSSR count). The normalized spacial score (nSPS) is 14.1. The van der Waals surface area contributed by atoms with Crippen LogP contribution in [0, 0.1) is 11.8 Å². The molecule has 102 heavy (non-hydrogen) atoms. The molecule has 0 fully saturated rings. The molecule has 0 aromatic carbocycles. The van der Waals surface area contributed by atoms with E-state index in [4.69, 9.17) is 37.0 Å². The summed E-state index contributed by atoms with van der Waals surface area (Å²) in [5.74, 6) is -0.546. The molecular weight excluding hydrogens is 1330 g/mol. The van der Waals surface area contributed by atoms with Crippen LogP contribution in [-0.2, 0) is 65.4 Å². The third kappa shape index (κ3) is 74.9. The molecule has 0 aliphatic heterocycles. The Balaban J connectivity index is 5.25. The molecule has 17 nitrogen and oxygen atoms in total. The van der Waals surface area contributed by atoms with Crippen molar-refractivity contribution in [1.29, 1.82) is 0 Å². The van der Waals surface area contributed by atoms with Gasteiger partial charge in [0.2, 0.25) is 0 Å². The SMILES string of the molecule is CCCCCCCCCCCCCCCCCCCCCCC(=O)O[C@H](COC(=O)CCCCCCCCCCCCCCC(C)C)COP(=O)(O)OC[C@@H](O)COP(=O)(O)OC[C@@H](COC(=O)CCCCCCCCCCC(C)CC)OC(=O)CCCCCCCCCCCCCCCCC. The predicted molar refractivity (Wildman–Crippen MR) is 418 cm³/mol. The Kier molecular flexibility index (Phi) is 73.1. The molecule has 0 aromatic heterocycles. The summed E-state index contributed by atoms with van der Waals surface area (Å²) in [5, 5.41) is 10.7. The minimum atomic E-state index is -4.96. The smallest absolute Gasteiger partial charge is 0.462 e. The number of unbranched alkanes of at least 4 members (excludes halogenated alkanes) is 51. The number of aliphatic hydroxyl groups is 1. The number of carbonyl (C=O) groups excluding carboxylic acids is 4. The second kappa shape index (κ2) is 74.5. The maximum Gasteiger partial charge on any atom is 0.472 e. The molecule has 0 saturated heterocycles. The van der Waals surface area contributed by atoms with E-state index in [2.05, 4.69) is 41.5 Å². The van der Waals surface area contributed by atoms with Crippen molar-refractivity contribution in [1.82, 2.24) is 0 Å². The number of phosphoric acid groups is 2. The summed E-state index contributed by atoms with van der Waals surface area (Å²) in [6.45, 7) is 9.67. The van der Waals surface area contributed by atoms with Gasteiger partial charge in [-0.05, 0) is 37.5 Å². The largest absolute Gasteiger partial charge is 0.472 e. The standard InChI is InChI=1S/C83H162O17P2/c1-7-10-12-14-16-18-20-22-24-25-26-27-28-30-32-38-42-50-56-62-68-82(87)99-78(71-93-80(85)65-59-53-47-40-36-34-33-35-39-45-51-57-63-75(4)5)73-97-101(89,90)95-69-77(84)70-96-102(91,92)98-74-79(72-94-81(86)66-60-54-48-44-43-46-52-58-64-76(6)9-3)100-83(88)67-61-55-49-41-37-31-29-23-21-19-17-15-13-11-8-2/h75-79,84H,7-74H2,1-6H3,(H,89,90)(H,91,92)/t76?,77-,78-,79-/m1/s1. The first kappa shape index (κ1) is 100. The number of rotatable bonds is 82. The van der Waals surface area contributed by atoms with E-state index in [9.17, 15) is 43.2 Å². The molecule has 0 amide bonds. The van der Waals surface area contributed by atoms with Gasteiger partial charge in [0.05, 0.1) is 26.4 Å². The monoisotopic (exact) mass is 1490 g/mol. The Hall–Kier alpha value is -1.94. The van der Waals surface area contributed by atoms with Crippen molar-refractivity contribution in [3.63, 3.8) is 0 Å². The van der Waals surface area contributed by atoms with Crippen LogP contribution in [0.3, 0.4) is 0 Å². The quantitative estimate of drug-likeness (QED) is 0.0222. The van der Waals surface area contributed by atoms with Crippen molar-refractivity contribution in [3.05, 3.63) is 0 Å². The average Bonchev–Trinajstić information content (AvgIpc) is 0.922. The van der Waals surface area contributed by atoms with Gasteiger partial charge in [0.15, 0.2) is 12.2 Å². The van der Waals surface area contributed by atoms with E-state index in [1.54, 1.807) is 0 Å². The first-order chi connectivity index (χ1) is 49.4. The van der Waals surface area contributed by atoms with Crippen LogP contribution in [0.2, 0.25) is 0 Å². The van der Waals surface area contributed by atoms with Gasteiger partial charge in [0, 0.05) is 25.7 Å². The van der Waals surface area contributed by atoms with E-state index in [1.807, 2.05) is 0 Å². The predicted octanol–water partition coefficient (Wildman–Crippen LogP) is 25.1. The van der Waals surface area contributed by atoms with E-state index in [0.29, 0.717) is 25.7 Å². The van der Waals surface area contributed by atoms with Crippen molar-refractivity contribution >= 4 is 39.5 Å². The summed E-state index contributed by atoms with van der Waals surface area (Å²) in [7, 11) is -9.92. The molecule has 0 spiro atoms. The van der Waals surface area contributed by atoms with Crippen molar-refractivity contribution in [3.8, 4) is 0 Å². The Morgan fingerprint density at radius 2 is 0.500 bits per heavy atom. The first-order valence-electron chi connectivity index (χ1n) is 43.0. The van der Waals surface area contributed by atoms with E-state index < -0.39 is 97.5 Å². The van der Waals surface area contributed by atoms with Gasteiger partial charge in [0.1, 0.15) is 19.3 Å². The molecule has 0 aliphatic rings. The zero-order valence-electron chi connectivity index (χ0n) is 66.9. The van der Waals surface area contributed by atoms with Gasteiger partial charge in [-0.2, -0.15) is 0 Å². The number of hydrogen-bond acceptors (Lipinski definition) is 15. The Bertz CT molecular complexity index is 1960. The number of esters is 4. The fourth-order valence-corrected chi connectivity index (χ4v) is 14.4. The van der Waals surface area contributed by atoms with Crippen LogP contribution in [0.5, 0.6) is 0 Å². The van der Waals surface area contributed by atoms with E-state index in [-0.39, 0.29) is 25.7 Å². The van der Waals surface area contributed by atoms with E-state index in [1.165, 1.54) is 257 Å². The van der Waals surface area contributed by atoms with Crippen molar-refractivity contribution in [2.75, 3.05) is 39.6 Å². The molecule has 19 heteroatoms. The van der Waals surface area contributed by atoms with Gasteiger partial charge in [-0.25, -0.2) is 9.13 Å². The lowest BCUT2D eigenvalue weighted by Gasteiger charge is -2.21. The fourth-order valence-electron chi connectivity index (χ4n) is 12.9. The summed E-state index contributed by atoms with van der Waals surface area (Å²) in [6, 6.07) is 0. The number of hydrogen-bond donors (Lipinski definition) is 3. The zero-order chi connectivity index (χ0) is 74.9. The summed E-state index contributed by atoms with van der Waals surface area (Å²) in [4.78, 5) is 73.1. The molecule has 0 saturated carbocycles. The summed E-state index contributed by atoms with van der Waals surface area (Å²) < 4.78 is 68.8. The Morgan fingerprint density at radius 3 is 0.745 bits per heavy atom. The highest BCUT2D eigenvalue weighted by atomic mass is 31.2. The molecule has 3 N–H and O–H groups in total. The first-order valence-corrected chi connectivity index (χ1v) is 46.0. The number of carbonyl (C=O) groups is 4. The molecule has 0 radical (unpaired) electrons. The lowest BCUT2D eigenvalue weighted by Crippen LogP contribution is -2.30. The van der Waals surface area contributed by atoms with Gasteiger partial charge in [0.25, 0.3) is 0 Å². The van der Waals surface area contributed by atoms with E-state index in [0.717, 1.165) is 102 Å². The molecule has 606 valence electrons. The third-order valence-electron chi connectivity index (χ3n) is 19.8. The van der Waals surface area contributed by atoms with Crippen LogP contribution < -0.4 is 0 Å². The van der Waals surface area contributed by atoms with Crippen molar-refractivity contribution in [2.24, 2.45) is 11.8 Å². The van der Waals surface area contributed by atoms with Gasteiger partial charge in [-0.15, -0.1) is 0 Å². The van der Waals surface area contributed by atoms with Gasteiger partial charge >= 0.3 is 39.5 Å². The van der Waals surface area contributed by atoms with E-state index >= 15 is 0 Å². The van der Waals surface area contributed by atoms with Crippen LogP contribution in [0.1, 0.15) is 440 Å². The van der Waals surface area contributed by atoms with Crippen LogP contribution in [0.15, 0.2) is 0 Å². The molecule has 0 aromatic rings. The summed E-state index contributed by atoms with van der Waals surface area (Å²) in [5.41, 5.74) is 0. The lowest BCUT2D eigenvalue weighted by atomic mass is 9.99. The summed E-state index contributed by atoms with van der Waals surface area (Å²) in [6.07, 6.45) is 65.1. The maximum atomic E-state index is 13.1.